The molecule has 0 spiro atoms. The lowest BCUT2D eigenvalue weighted by molar-refractivity contribution is -0.143. The van der Waals surface area contributed by atoms with Crippen molar-refractivity contribution in [2.24, 2.45) is 7.05 Å². The van der Waals surface area contributed by atoms with Gasteiger partial charge in [0.2, 0.25) is 0 Å². The lowest BCUT2D eigenvalue weighted by Crippen LogP contribution is -2.11. The van der Waals surface area contributed by atoms with Crippen LogP contribution in [0.2, 0.25) is 0 Å². The zero-order valence-corrected chi connectivity index (χ0v) is 9.92. The molecule has 1 aromatic heterocycles. The van der Waals surface area contributed by atoms with Crippen LogP contribution in [0.1, 0.15) is 5.69 Å². The quantitative estimate of drug-likeness (QED) is 0.893. The van der Waals surface area contributed by atoms with Gasteiger partial charge in [-0.25, -0.2) is 4.98 Å². The number of halogens is 3. The molecule has 0 bridgehead atoms. The topological polar surface area (TPSA) is 29.9 Å². The van der Waals surface area contributed by atoms with Crippen LogP contribution < -0.4 is 5.32 Å². The summed E-state index contributed by atoms with van der Waals surface area (Å²) in [5.74, 6) is 0.296. The molecule has 0 saturated carbocycles. The Labute approximate surface area is 102 Å². The molecule has 0 amide bonds. The number of nitrogens with zero attached hydrogens (tertiary/aromatic N) is 2. The molecule has 2 rings (SSSR count). The van der Waals surface area contributed by atoms with Crippen LogP contribution in [0.3, 0.4) is 0 Å². The summed E-state index contributed by atoms with van der Waals surface area (Å²) in [6, 6.07) is 7.04. The summed E-state index contributed by atoms with van der Waals surface area (Å²) in [7, 11) is 3.13. The maximum absolute atomic E-state index is 12.6. The first-order valence-electron chi connectivity index (χ1n) is 5.30. The smallest absolute Gasteiger partial charge is 0.388 e. The lowest BCUT2D eigenvalue weighted by Gasteiger charge is -2.09. The van der Waals surface area contributed by atoms with Crippen LogP contribution in [0.15, 0.2) is 30.5 Å². The van der Waals surface area contributed by atoms with E-state index in [0.717, 1.165) is 16.5 Å². The van der Waals surface area contributed by atoms with E-state index in [4.69, 9.17) is 0 Å². The average Bonchev–Trinajstić information content (AvgIpc) is 2.71. The molecule has 2 aromatic rings. The Morgan fingerprint density at radius 2 is 1.78 bits per heavy atom. The predicted octanol–water partition coefficient (Wildman–Crippen LogP) is 3.15. The molecular weight excluding hydrogens is 243 g/mol. The lowest BCUT2D eigenvalue weighted by atomic mass is 10.2. The molecule has 18 heavy (non-hydrogen) atoms. The molecule has 0 saturated heterocycles. The molecule has 6 heteroatoms. The first kappa shape index (κ1) is 12.5. The van der Waals surface area contributed by atoms with Crippen LogP contribution in [-0.4, -0.2) is 16.6 Å². The second-order valence-corrected chi connectivity index (χ2v) is 3.85. The maximum Gasteiger partial charge on any atom is 0.433 e. The molecule has 0 radical (unpaired) electrons. The normalized spacial score (nSPS) is 11.6. The predicted molar refractivity (Wildman–Crippen MR) is 63.2 cm³/mol. The Balaban J connectivity index is 2.42. The van der Waals surface area contributed by atoms with Crippen LogP contribution in [0, 0.1) is 0 Å². The van der Waals surface area contributed by atoms with E-state index in [-0.39, 0.29) is 0 Å². The minimum Gasteiger partial charge on any atom is -0.388 e. The number of anilines is 1. The molecule has 0 unspecified atom stereocenters. The number of rotatable bonds is 2. The molecule has 1 aromatic carbocycles. The van der Waals surface area contributed by atoms with Crippen molar-refractivity contribution in [3.63, 3.8) is 0 Å². The van der Waals surface area contributed by atoms with Gasteiger partial charge in [-0.2, -0.15) is 13.2 Å². The monoisotopic (exact) mass is 255 g/mol. The molecule has 96 valence electrons. The van der Waals surface area contributed by atoms with Crippen molar-refractivity contribution >= 4 is 5.69 Å². The zero-order chi connectivity index (χ0) is 13.3. The number of hydrogen-bond donors (Lipinski definition) is 1. The summed E-state index contributed by atoms with van der Waals surface area (Å²) < 4.78 is 38.9. The second-order valence-electron chi connectivity index (χ2n) is 3.85. The van der Waals surface area contributed by atoms with Gasteiger partial charge in [0.05, 0.1) is 6.20 Å². The molecule has 1 heterocycles. The molecule has 3 nitrogen and oxygen atoms in total. The Hall–Kier alpha value is -1.98. The summed E-state index contributed by atoms with van der Waals surface area (Å²) in [6.45, 7) is 0. The minimum atomic E-state index is -4.38. The minimum absolute atomic E-state index is 0.296. The van der Waals surface area contributed by atoms with Crippen LogP contribution in [0.25, 0.3) is 11.4 Å². The molecule has 0 aliphatic carbocycles. The van der Waals surface area contributed by atoms with Crippen molar-refractivity contribution in [3.05, 3.63) is 36.2 Å². The van der Waals surface area contributed by atoms with E-state index in [2.05, 4.69) is 10.3 Å². The molecule has 0 aliphatic rings. The molecular formula is C12H12F3N3. The van der Waals surface area contributed by atoms with Crippen molar-refractivity contribution in [2.45, 2.75) is 6.18 Å². The fourth-order valence-corrected chi connectivity index (χ4v) is 1.73. The van der Waals surface area contributed by atoms with E-state index in [0.29, 0.717) is 11.4 Å². The largest absolute Gasteiger partial charge is 0.433 e. The molecule has 1 N–H and O–H groups in total. The van der Waals surface area contributed by atoms with Crippen LogP contribution >= 0.6 is 0 Å². The van der Waals surface area contributed by atoms with Gasteiger partial charge in [0, 0.05) is 25.3 Å². The third kappa shape index (κ3) is 2.18. The summed E-state index contributed by atoms with van der Waals surface area (Å²) in [6.07, 6.45) is -3.54. The Kier molecular flexibility index (Phi) is 3.02. The van der Waals surface area contributed by atoms with E-state index in [1.165, 1.54) is 7.05 Å². The highest BCUT2D eigenvalue weighted by molar-refractivity contribution is 5.60. The molecule has 0 atom stereocenters. The van der Waals surface area contributed by atoms with Gasteiger partial charge in [-0.15, -0.1) is 0 Å². The Morgan fingerprint density at radius 1 is 1.17 bits per heavy atom. The van der Waals surface area contributed by atoms with Crippen molar-refractivity contribution in [3.8, 4) is 11.4 Å². The SMILES string of the molecule is CNc1ccc(-c2ncc(C(F)(F)F)n2C)cc1. The number of hydrogen-bond acceptors (Lipinski definition) is 2. The summed E-state index contributed by atoms with van der Waals surface area (Å²) in [5.41, 5.74) is 0.784. The summed E-state index contributed by atoms with van der Waals surface area (Å²) >= 11 is 0. The molecule has 0 aliphatic heterocycles. The van der Waals surface area contributed by atoms with Crippen molar-refractivity contribution < 1.29 is 13.2 Å². The first-order chi connectivity index (χ1) is 8.43. The first-order valence-corrected chi connectivity index (χ1v) is 5.30. The highest BCUT2D eigenvalue weighted by atomic mass is 19.4. The van der Waals surface area contributed by atoms with Gasteiger partial charge in [0.25, 0.3) is 0 Å². The average molecular weight is 255 g/mol. The van der Waals surface area contributed by atoms with Gasteiger partial charge < -0.3 is 9.88 Å². The van der Waals surface area contributed by atoms with Gasteiger partial charge >= 0.3 is 6.18 Å². The Bertz CT molecular complexity index is 541. The van der Waals surface area contributed by atoms with Crippen LogP contribution in [0.4, 0.5) is 18.9 Å². The van der Waals surface area contributed by atoms with E-state index in [1.54, 1.807) is 31.3 Å². The van der Waals surface area contributed by atoms with Crippen molar-refractivity contribution in [2.75, 3.05) is 12.4 Å². The number of imidazole rings is 1. The van der Waals surface area contributed by atoms with Gasteiger partial charge in [0.15, 0.2) is 0 Å². The number of aromatic nitrogens is 2. The second kappa shape index (κ2) is 4.36. The number of alkyl halides is 3. The highest BCUT2D eigenvalue weighted by Crippen LogP contribution is 2.31. The number of nitrogens with one attached hydrogen (secondary N) is 1. The van der Waals surface area contributed by atoms with E-state index < -0.39 is 11.9 Å². The van der Waals surface area contributed by atoms with Crippen LogP contribution in [0.5, 0.6) is 0 Å². The fourth-order valence-electron chi connectivity index (χ4n) is 1.73. The molecule has 0 fully saturated rings. The highest BCUT2D eigenvalue weighted by Gasteiger charge is 2.35. The fraction of sp³-hybridized carbons (Fsp3) is 0.250. The summed E-state index contributed by atoms with van der Waals surface area (Å²) in [5, 5.41) is 2.94. The van der Waals surface area contributed by atoms with Crippen LogP contribution in [-0.2, 0) is 13.2 Å². The van der Waals surface area contributed by atoms with Gasteiger partial charge in [-0.1, -0.05) is 0 Å². The zero-order valence-electron chi connectivity index (χ0n) is 9.92. The van der Waals surface area contributed by atoms with Crippen molar-refractivity contribution in [1.29, 1.82) is 0 Å². The van der Waals surface area contributed by atoms with E-state index >= 15 is 0 Å². The van der Waals surface area contributed by atoms with Gasteiger partial charge in [0.1, 0.15) is 11.5 Å². The Morgan fingerprint density at radius 3 is 2.22 bits per heavy atom. The maximum atomic E-state index is 12.6. The van der Waals surface area contributed by atoms with Crippen molar-refractivity contribution in [1.82, 2.24) is 9.55 Å². The van der Waals surface area contributed by atoms with E-state index in [9.17, 15) is 13.2 Å². The number of benzene rings is 1. The van der Waals surface area contributed by atoms with E-state index in [1.807, 2.05) is 0 Å². The van der Waals surface area contributed by atoms with Gasteiger partial charge in [-0.3, -0.25) is 0 Å². The third-order valence-electron chi connectivity index (χ3n) is 2.71. The standard InChI is InChI=1S/C12H12F3N3/c1-16-9-5-3-8(4-6-9)11-17-7-10(18(11)2)12(13,14)15/h3-7,16H,1-2H3. The third-order valence-corrected chi connectivity index (χ3v) is 2.71. The van der Waals surface area contributed by atoms with Gasteiger partial charge in [-0.05, 0) is 24.3 Å². The summed E-state index contributed by atoms with van der Waals surface area (Å²) in [4.78, 5) is 3.83.